The van der Waals surface area contributed by atoms with Gasteiger partial charge >= 0.3 is 0 Å². The highest BCUT2D eigenvalue weighted by Gasteiger charge is 2.33. The van der Waals surface area contributed by atoms with Crippen molar-refractivity contribution in [1.29, 1.82) is 0 Å². The molecule has 2 heterocycles. The number of ether oxygens (including phenoxy) is 3. The number of aliphatic hydroxyl groups is 1. The smallest absolute Gasteiger partial charge is 0.237 e. The van der Waals surface area contributed by atoms with Crippen molar-refractivity contribution >= 4 is 17.2 Å². The molecule has 0 radical (unpaired) electrons. The van der Waals surface area contributed by atoms with Crippen LogP contribution in [0.3, 0.4) is 0 Å². The summed E-state index contributed by atoms with van der Waals surface area (Å²) in [5.41, 5.74) is 1.17. The van der Waals surface area contributed by atoms with Gasteiger partial charge in [-0.3, -0.25) is 9.69 Å². The second-order valence-electron chi connectivity index (χ2n) is 9.46. The zero-order chi connectivity index (χ0) is 25.2. The number of carbonyl (C=O) groups is 1. The molecule has 35 heavy (non-hydrogen) atoms. The molecule has 0 spiro atoms. The maximum atomic E-state index is 13.5. The largest absolute Gasteiger partial charge is 0.497 e. The predicted octanol–water partition coefficient (Wildman–Crippen LogP) is 4.01. The number of methoxy groups -OCH3 is 1. The van der Waals surface area contributed by atoms with Crippen molar-refractivity contribution in [2.45, 2.75) is 45.8 Å². The van der Waals surface area contributed by atoms with E-state index < -0.39 is 6.10 Å². The Bertz CT molecular complexity index is 918. The maximum absolute atomic E-state index is 13.5. The van der Waals surface area contributed by atoms with Crippen molar-refractivity contribution in [3.63, 3.8) is 0 Å². The molecule has 2 atom stereocenters. The van der Waals surface area contributed by atoms with E-state index in [1.807, 2.05) is 34.1 Å². The third-order valence-electron chi connectivity index (χ3n) is 5.99. The fraction of sp³-hybridized carbons (Fsp3) is 0.593. The van der Waals surface area contributed by atoms with Gasteiger partial charge < -0.3 is 24.2 Å². The van der Waals surface area contributed by atoms with Gasteiger partial charge in [0, 0.05) is 30.6 Å². The summed E-state index contributed by atoms with van der Waals surface area (Å²) in [6.07, 6.45) is 1.14. The van der Waals surface area contributed by atoms with Crippen LogP contribution in [0, 0.1) is 5.92 Å². The third kappa shape index (κ3) is 8.20. The van der Waals surface area contributed by atoms with Gasteiger partial charge in [0.1, 0.15) is 18.1 Å². The van der Waals surface area contributed by atoms with Gasteiger partial charge in [0.15, 0.2) is 0 Å². The number of rotatable bonds is 14. The Hall–Kier alpha value is -2.13. The first-order valence-corrected chi connectivity index (χ1v) is 13.4. The summed E-state index contributed by atoms with van der Waals surface area (Å²) in [6, 6.07) is 9.50. The van der Waals surface area contributed by atoms with E-state index in [0.717, 1.165) is 30.9 Å². The molecule has 1 aromatic carbocycles. The lowest BCUT2D eigenvalue weighted by molar-refractivity contribution is -0.136. The molecule has 1 aromatic heterocycles. The van der Waals surface area contributed by atoms with Crippen molar-refractivity contribution in [3.05, 3.63) is 46.2 Å². The van der Waals surface area contributed by atoms with E-state index in [9.17, 15) is 9.90 Å². The molecule has 0 aliphatic carbocycles. The van der Waals surface area contributed by atoms with Crippen LogP contribution in [-0.4, -0.2) is 80.0 Å². The molecule has 1 N–H and O–H groups in total. The highest BCUT2D eigenvalue weighted by Crippen LogP contribution is 2.34. The van der Waals surface area contributed by atoms with E-state index in [2.05, 4.69) is 32.2 Å². The summed E-state index contributed by atoms with van der Waals surface area (Å²) in [5.74, 6) is 1.94. The van der Waals surface area contributed by atoms with Crippen molar-refractivity contribution in [3.8, 4) is 11.5 Å². The van der Waals surface area contributed by atoms with Crippen LogP contribution in [-0.2, 0) is 16.0 Å². The molecule has 3 rings (SSSR count). The Morgan fingerprint density at radius 2 is 2.06 bits per heavy atom. The Morgan fingerprint density at radius 3 is 2.80 bits per heavy atom. The number of amides is 1. The summed E-state index contributed by atoms with van der Waals surface area (Å²) in [5, 5.41) is 12.6. The summed E-state index contributed by atoms with van der Waals surface area (Å²) < 4.78 is 17.0. The lowest BCUT2D eigenvalue weighted by Gasteiger charge is -2.37. The van der Waals surface area contributed by atoms with Gasteiger partial charge in [0.25, 0.3) is 0 Å². The first-order valence-electron chi connectivity index (χ1n) is 12.5. The van der Waals surface area contributed by atoms with Gasteiger partial charge in [-0.1, -0.05) is 26.8 Å². The predicted molar refractivity (Wildman–Crippen MR) is 139 cm³/mol. The first-order chi connectivity index (χ1) is 16.9. The van der Waals surface area contributed by atoms with E-state index >= 15 is 0 Å². The average molecular weight is 505 g/mol. The summed E-state index contributed by atoms with van der Waals surface area (Å²) in [6.45, 7) is 9.63. The van der Waals surface area contributed by atoms with Crippen molar-refractivity contribution in [2.75, 3.05) is 53.1 Å². The molecule has 0 bridgehead atoms. The number of hydrogen-bond donors (Lipinski definition) is 1. The Labute approximate surface area is 213 Å². The van der Waals surface area contributed by atoms with Gasteiger partial charge in [-0.25, -0.2) is 0 Å². The van der Waals surface area contributed by atoms with Crippen LogP contribution < -0.4 is 9.47 Å². The summed E-state index contributed by atoms with van der Waals surface area (Å²) in [4.78, 5) is 18.8. The zero-order valence-electron chi connectivity index (χ0n) is 21.4. The number of benzene rings is 1. The number of carbonyl (C=O) groups excluding carboxylic acids is 1. The van der Waals surface area contributed by atoms with Crippen LogP contribution in [0.2, 0.25) is 0 Å². The number of fused-ring (bicyclic) bond motifs is 1. The maximum Gasteiger partial charge on any atom is 0.237 e. The first kappa shape index (κ1) is 27.5. The van der Waals surface area contributed by atoms with Crippen molar-refractivity contribution < 1.29 is 24.1 Å². The Balaban J connectivity index is 1.65. The van der Waals surface area contributed by atoms with Crippen LogP contribution in [0.25, 0.3) is 0 Å². The second kappa shape index (κ2) is 13.8. The minimum absolute atomic E-state index is 0.0600. The van der Waals surface area contributed by atoms with E-state index in [-0.39, 0.29) is 25.1 Å². The van der Waals surface area contributed by atoms with Crippen LogP contribution in [0.5, 0.6) is 11.5 Å². The second-order valence-corrected chi connectivity index (χ2v) is 10.5. The molecule has 1 aliphatic heterocycles. The third-order valence-corrected chi connectivity index (χ3v) is 6.99. The Kier molecular flexibility index (Phi) is 10.8. The van der Waals surface area contributed by atoms with E-state index in [1.54, 1.807) is 18.4 Å². The van der Waals surface area contributed by atoms with E-state index in [0.29, 0.717) is 32.2 Å². The molecule has 0 saturated heterocycles. The van der Waals surface area contributed by atoms with Gasteiger partial charge in [0.05, 0.1) is 32.4 Å². The van der Waals surface area contributed by atoms with Crippen LogP contribution >= 0.6 is 11.3 Å². The summed E-state index contributed by atoms with van der Waals surface area (Å²) in [7, 11) is 1.63. The molecule has 0 unspecified atom stereocenters. The number of nitrogens with zero attached hydrogens (tertiary/aromatic N) is 2. The summed E-state index contributed by atoms with van der Waals surface area (Å²) >= 11 is 1.74. The number of hydrogen-bond acceptors (Lipinski definition) is 7. The number of thiophene rings is 1. The van der Waals surface area contributed by atoms with Crippen LogP contribution in [0.1, 0.15) is 43.7 Å². The Morgan fingerprint density at radius 1 is 1.26 bits per heavy atom. The molecule has 1 aliphatic rings. The zero-order valence-corrected chi connectivity index (χ0v) is 22.3. The average Bonchev–Trinajstić information content (AvgIpc) is 3.31. The molecule has 0 saturated carbocycles. The monoisotopic (exact) mass is 504 g/mol. The normalized spacial score (nSPS) is 16.4. The fourth-order valence-corrected chi connectivity index (χ4v) is 5.29. The van der Waals surface area contributed by atoms with E-state index in [1.165, 1.54) is 10.4 Å². The molecule has 194 valence electrons. The molecule has 7 nitrogen and oxygen atoms in total. The highest BCUT2D eigenvalue weighted by molar-refractivity contribution is 7.10. The molecule has 2 aromatic rings. The molecule has 1 amide bonds. The van der Waals surface area contributed by atoms with Crippen LogP contribution in [0.4, 0.5) is 0 Å². The molecule has 8 heteroatoms. The lowest BCUT2D eigenvalue weighted by Crippen LogP contribution is -2.48. The van der Waals surface area contributed by atoms with Gasteiger partial charge in [-0.2, -0.15) is 0 Å². The standard InChI is InChI=1S/C27H40N2O5S/c1-5-11-28(15-21(30)18-33-17-20(2)3)16-27(31)29-12-9-26-24(10-13-35-26)25(29)19-34-23-8-6-7-22(14-23)32-4/h6-8,10,13-14,20-21,25,30H,5,9,11-12,15-19H2,1-4H3/t21-,25-/m0/s1. The van der Waals surface area contributed by atoms with Crippen molar-refractivity contribution in [1.82, 2.24) is 9.80 Å². The van der Waals surface area contributed by atoms with Gasteiger partial charge in [0.2, 0.25) is 5.91 Å². The topological polar surface area (TPSA) is 71.5 Å². The molecule has 0 fully saturated rings. The minimum atomic E-state index is -0.620. The van der Waals surface area contributed by atoms with E-state index in [4.69, 9.17) is 14.2 Å². The van der Waals surface area contributed by atoms with Crippen molar-refractivity contribution in [2.24, 2.45) is 5.92 Å². The SMILES string of the molecule is CCCN(CC(=O)N1CCc2sccc2[C@@H]1COc1cccc(OC)c1)C[C@H](O)COCC(C)C. The minimum Gasteiger partial charge on any atom is -0.497 e. The fourth-order valence-electron chi connectivity index (χ4n) is 4.36. The number of aliphatic hydroxyl groups excluding tert-OH is 1. The van der Waals surface area contributed by atoms with Crippen LogP contribution in [0.15, 0.2) is 35.7 Å². The molecular formula is C27H40N2O5S. The van der Waals surface area contributed by atoms with Gasteiger partial charge in [-0.05, 0) is 54.4 Å². The molecular weight excluding hydrogens is 464 g/mol. The quantitative estimate of drug-likeness (QED) is 0.419. The highest BCUT2D eigenvalue weighted by atomic mass is 32.1. The van der Waals surface area contributed by atoms with Gasteiger partial charge in [-0.15, -0.1) is 11.3 Å². The lowest BCUT2D eigenvalue weighted by atomic mass is 10.0.